The Kier molecular flexibility index (Phi) is 8.25. The van der Waals surface area contributed by atoms with Gasteiger partial charge in [-0.2, -0.15) is 0 Å². The molecule has 3 aliphatic rings. The van der Waals surface area contributed by atoms with E-state index >= 15 is 0 Å². The zero-order valence-electron chi connectivity index (χ0n) is 14.0. The number of ether oxygens (including phenoxy) is 1. The number of hydrogen-bond acceptors (Lipinski definition) is 2. The standard InChI is InChI=1S/C10H16.C6H12O2.C2H6/c1-2-9-7-4-5-8(6-7)10(9)3-1;1-3-4-5-8-6(2)7;1-2/h7-10H,1-6H2;3-5H2,1-2H3;1-2H3. The molecule has 3 fully saturated rings. The highest BCUT2D eigenvalue weighted by molar-refractivity contribution is 5.65. The Morgan fingerprint density at radius 2 is 1.60 bits per heavy atom. The largest absolute Gasteiger partial charge is 0.466 e. The van der Waals surface area contributed by atoms with Crippen molar-refractivity contribution in [3.05, 3.63) is 0 Å². The Morgan fingerprint density at radius 3 is 2.05 bits per heavy atom. The minimum atomic E-state index is -0.182. The normalized spacial score (nSPS) is 32.6. The number of unbranched alkanes of at least 4 members (excludes halogenated alkanes) is 1. The summed E-state index contributed by atoms with van der Waals surface area (Å²) in [6, 6.07) is 0. The first-order valence-corrected chi connectivity index (χ1v) is 8.85. The van der Waals surface area contributed by atoms with E-state index in [4.69, 9.17) is 0 Å². The molecule has 0 N–H and O–H groups in total. The maximum Gasteiger partial charge on any atom is 0.302 e. The van der Waals surface area contributed by atoms with Crippen LogP contribution in [-0.2, 0) is 9.53 Å². The molecular formula is C18H34O2. The predicted octanol–water partition coefficient (Wildman–Crippen LogP) is 5.21. The molecule has 0 aromatic heterocycles. The number of esters is 1. The fourth-order valence-corrected chi connectivity index (χ4v) is 4.38. The van der Waals surface area contributed by atoms with E-state index < -0.39 is 0 Å². The fraction of sp³-hybridized carbons (Fsp3) is 0.944. The first-order valence-electron chi connectivity index (χ1n) is 8.85. The van der Waals surface area contributed by atoms with Crippen molar-refractivity contribution in [2.24, 2.45) is 23.7 Å². The van der Waals surface area contributed by atoms with Gasteiger partial charge in [0.2, 0.25) is 0 Å². The van der Waals surface area contributed by atoms with E-state index in [2.05, 4.69) is 11.7 Å². The van der Waals surface area contributed by atoms with Crippen molar-refractivity contribution in [2.75, 3.05) is 6.61 Å². The lowest BCUT2D eigenvalue weighted by atomic mass is 9.82. The Balaban J connectivity index is 0.000000184. The number of fused-ring (bicyclic) bond motifs is 5. The lowest BCUT2D eigenvalue weighted by Gasteiger charge is -2.23. The quantitative estimate of drug-likeness (QED) is 0.525. The smallest absolute Gasteiger partial charge is 0.302 e. The molecule has 2 bridgehead atoms. The van der Waals surface area contributed by atoms with Gasteiger partial charge in [0.1, 0.15) is 0 Å². The first kappa shape index (κ1) is 17.5. The molecule has 0 spiro atoms. The van der Waals surface area contributed by atoms with Crippen LogP contribution in [0.15, 0.2) is 0 Å². The van der Waals surface area contributed by atoms with E-state index in [1.54, 1.807) is 38.5 Å². The molecule has 4 atom stereocenters. The molecule has 118 valence electrons. The van der Waals surface area contributed by atoms with Crippen LogP contribution < -0.4 is 0 Å². The summed E-state index contributed by atoms with van der Waals surface area (Å²) in [6.45, 7) is 8.06. The first-order chi connectivity index (χ1) is 9.72. The lowest BCUT2D eigenvalue weighted by Crippen LogP contribution is -2.15. The van der Waals surface area contributed by atoms with Crippen molar-refractivity contribution in [2.45, 2.75) is 79.1 Å². The highest BCUT2D eigenvalue weighted by Gasteiger charge is 2.48. The molecule has 0 aliphatic heterocycles. The molecule has 0 saturated heterocycles. The highest BCUT2D eigenvalue weighted by Crippen LogP contribution is 2.58. The van der Waals surface area contributed by atoms with Gasteiger partial charge < -0.3 is 4.74 Å². The minimum absolute atomic E-state index is 0.182. The monoisotopic (exact) mass is 282 g/mol. The molecule has 4 unspecified atom stereocenters. The van der Waals surface area contributed by atoms with Crippen molar-refractivity contribution >= 4 is 5.97 Å². The maximum atomic E-state index is 10.1. The molecule has 0 aromatic carbocycles. The van der Waals surface area contributed by atoms with Gasteiger partial charge in [-0.1, -0.05) is 33.6 Å². The fourth-order valence-electron chi connectivity index (χ4n) is 4.38. The number of rotatable bonds is 3. The summed E-state index contributed by atoms with van der Waals surface area (Å²) in [5, 5.41) is 0. The van der Waals surface area contributed by atoms with Crippen LogP contribution in [0.25, 0.3) is 0 Å². The molecule has 3 aliphatic carbocycles. The second kappa shape index (κ2) is 9.41. The Morgan fingerprint density at radius 1 is 1.05 bits per heavy atom. The highest BCUT2D eigenvalue weighted by atomic mass is 16.5. The Bertz CT molecular complexity index is 259. The average Bonchev–Trinajstić information content (AvgIpc) is 3.16. The van der Waals surface area contributed by atoms with Gasteiger partial charge >= 0.3 is 5.97 Å². The van der Waals surface area contributed by atoms with Gasteiger partial charge in [-0.15, -0.1) is 0 Å². The van der Waals surface area contributed by atoms with Crippen molar-refractivity contribution in [1.29, 1.82) is 0 Å². The zero-order chi connectivity index (χ0) is 15.0. The third-order valence-corrected chi connectivity index (χ3v) is 5.15. The Hall–Kier alpha value is -0.530. The topological polar surface area (TPSA) is 26.3 Å². The molecule has 0 aromatic rings. The van der Waals surface area contributed by atoms with Gasteiger partial charge in [-0.05, 0) is 62.2 Å². The van der Waals surface area contributed by atoms with Gasteiger partial charge in [-0.25, -0.2) is 0 Å². The van der Waals surface area contributed by atoms with E-state index in [0.717, 1.165) is 12.8 Å². The third kappa shape index (κ3) is 4.79. The van der Waals surface area contributed by atoms with E-state index in [0.29, 0.717) is 6.61 Å². The summed E-state index contributed by atoms with van der Waals surface area (Å²) in [5.74, 6) is 4.62. The van der Waals surface area contributed by atoms with Gasteiger partial charge in [0.05, 0.1) is 6.61 Å². The van der Waals surface area contributed by atoms with Crippen LogP contribution in [0.1, 0.15) is 79.1 Å². The number of hydrogen-bond donors (Lipinski definition) is 0. The third-order valence-electron chi connectivity index (χ3n) is 5.15. The maximum absolute atomic E-state index is 10.1. The SMILES string of the molecule is C1CC2C3CCC(C3)C2C1.CC.CCCCOC(C)=O. The van der Waals surface area contributed by atoms with Crippen LogP contribution >= 0.6 is 0 Å². The Labute approximate surface area is 125 Å². The van der Waals surface area contributed by atoms with Gasteiger partial charge in [0, 0.05) is 6.92 Å². The van der Waals surface area contributed by atoms with Crippen molar-refractivity contribution < 1.29 is 9.53 Å². The molecular weight excluding hydrogens is 248 g/mol. The lowest BCUT2D eigenvalue weighted by molar-refractivity contribution is -0.141. The van der Waals surface area contributed by atoms with Crippen LogP contribution in [0.3, 0.4) is 0 Å². The summed E-state index contributed by atoms with van der Waals surface area (Å²) in [5.41, 5.74) is 0. The predicted molar refractivity (Wildman–Crippen MR) is 84.6 cm³/mol. The van der Waals surface area contributed by atoms with E-state index in [1.165, 1.54) is 30.6 Å². The molecule has 2 nitrogen and oxygen atoms in total. The van der Waals surface area contributed by atoms with Crippen LogP contribution in [0.2, 0.25) is 0 Å². The van der Waals surface area contributed by atoms with Crippen molar-refractivity contribution in [1.82, 2.24) is 0 Å². The summed E-state index contributed by atoms with van der Waals surface area (Å²) < 4.78 is 4.64. The number of carbonyl (C=O) groups excluding carboxylic acids is 1. The summed E-state index contributed by atoms with van der Waals surface area (Å²) in [4.78, 5) is 10.1. The summed E-state index contributed by atoms with van der Waals surface area (Å²) in [6.07, 6.45) is 11.6. The van der Waals surface area contributed by atoms with Gasteiger partial charge in [0.15, 0.2) is 0 Å². The number of carbonyl (C=O) groups is 1. The van der Waals surface area contributed by atoms with Crippen LogP contribution in [0.4, 0.5) is 0 Å². The van der Waals surface area contributed by atoms with E-state index in [-0.39, 0.29) is 5.97 Å². The molecule has 0 heterocycles. The molecule has 3 saturated carbocycles. The molecule has 20 heavy (non-hydrogen) atoms. The molecule has 0 amide bonds. The second-order valence-electron chi connectivity index (χ2n) is 6.29. The van der Waals surface area contributed by atoms with Crippen molar-refractivity contribution in [3.63, 3.8) is 0 Å². The van der Waals surface area contributed by atoms with Crippen LogP contribution in [-0.4, -0.2) is 12.6 Å². The summed E-state index contributed by atoms with van der Waals surface area (Å²) >= 11 is 0. The van der Waals surface area contributed by atoms with Gasteiger partial charge in [-0.3, -0.25) is 4.79 Å². The van der Waals surface area contributed by atoms with Crippen LogP contribution in [0.5, 0.6) is 0 Å². The minimum Gasteiger partial charge on any atom is -0.466 e. The zero-order valence-corrected chi connectivity index (χ0v) is 14.0. The van der Waals surface area contributed by atoms with Crippen molar-refractivity contribution in [3.8, 4) is 0 Å². The van der Waals surface area contributed by atoms with E-state index in [9.17, 15) is 4.79 Å². The second-order valence-corrected chi connectivity index (χ2v) is 6.29. The van der Waals surface area contributed by atoms with E-state index in [1.807, 2.05) is 13.8 Å². The van der Waals surface area contributed by atoms with Gasteiger partial charge in [0.25, 0.3) is 0 Å². The summed E-state index contributed by atoms with van der Waals surface area (Å²) in [7, 11) is 0. The molecule has 2 heteroatoms. The molecule has 0 radical (unpaired) electrons. The molecule has 3 rings (SSSR count). The van der Waals surface area contributed by atoms with Crippen LogP contribution in [0, 0.1) is 23.7 Å². The average molecular weight is 282 g/mol.